The summed E-state index contributed by atoms with van der Waals surface area (Å²) in [7, 11) is 0. The van der Waals surface area contributed by atoms with E-state index in [2.05, 4.69) is 20.6 Å². The minimum atomic E-state index is -0.670. The average molecular weight is 499 g/mol. The molecule has 1 aliphatic rings. The molecule has 1 saturated heterocycles. The molecule has 3 heterocycles. The zero-order chi connectivity index (χ0) is 25.2. The highest BCUT2D eigenvalue weighted by Crippen LogP contribution is 2.33. The van der Waals surface area contributed by atoms with Gasteiger partial charge in [-0.15, -0.1) is 0 Å². The number of hydrogen-bond acceptors (Lipinski definition) is 6. The van der Waals surface area contributed by atoms with Crippen LogP contribution in [0.3, 0.4) is 0 Å². The lowest BCUT2D eigenvalue weighted by molar-refractivity contribution is -0.251. The van der Waals surface area contributed by atoms with Gasteiger partial charge in [-0.25, -0.2) is 4.39 Å². The van der Waals surface area contributed by atoms with Crippen LogP contribution in [0.25, 0.3) is 11.3 Å². The van der Waals surface area contributed by atoms with Gasteiger partial charge in [0.25, 0.3) is 5.91 Å². The molecule has 7 nitrogen and oxygen atoms in total. The van der Waals surface area contributed by atoms with Gasteiger partial charge in [-0.1, -0.05) is 25.4 Å². The highest BCUT2D eigenvalue weighted by atomic mass is 35.5. The van der Waals surface area contributed by atoms with Gasteiger partial charge < -0.3 is 20.1 Å². The minimum Gasteiger partial charge on any atom is -0.354 e. The van der Waals surface area contributed by atoms with E-state index in [1.807, 2.05) is 27.7 Å². The molecule has 3 aromatic rings. The molecule has 2 N–H and O–H groups in total. The Bertz CT molecular complexity index is 1220. The Morgan fingerprint density at radius 3 is 2.60 bits per heavy atom. The molecule has 0 aliphatic carbocycles. The van der Waals surface area contributed by atoms with Gasteiger partial charge in [-0.2, -0.15) is 0 Å². The van der Waals surface area contributed by atoms with Crippen molar-refractivity contribution in [3.63, 3.8) is 0 Å². The van der Waals surface area contributed by atoms with E-state index >= 15 is 0 Å². The maximum absolute atomic E-state index is 14.5. The van der Waals surface area contributed by atoms with Crippen molar-refractivity contribution in [1.82, 2.24) is 15.3 Å². The molecule has 1 aromatic carbocycles. The monoisotopic (exact) mass is 498 g/mol. The first kappa shape index (κ1) is 25.0. The highest BCUT2D eigenvalue weighted by Gasteiger charge is 2.29. The van der Waals surface area contributed by atoms with E-state index in [1.165, 1.54) is 18.3 Å². The van der Waals surface area contributed by atoms with E-state index < -0.39 is 11.6 Å². The number of halogens is 2. The number of pyridine rings is 2. The van der Waals surface area contributed by atoms with E-state index in [0.29, 0.717) is 46.4 Å². The van der Waals surface area contributed by atoms with Crippen molar-refractivity contribution in [2.24, 2.45) is 0 Å². The second-order valence-electron chi connectivity index (χ2n) is 9.17. The molecule has 35 heavy (non-hydrogen) atoms. The predicted octanol–water partition coefficient (Wildman–Crippen LogP) is 5.68. The summed E-state index contributed by atoms with van der Waals surface area (Å²) in [5, 5.41) is 6.70. The lowest BCUT2D eigenvalue weighted by atomic mass is 10.0. The number of aromatic nitrogens is 2. The molecule has 1 aliphatic heterocycles. The third kappa shape index (κ3) is 5.96. The normalized spacial score (nSPS) is 15.7. The van der Waals surface area contributed by atoms with Gasteiger partial charge >= 0.3 is 0 Å². The van der Waals surface area contributed by atoms with Crippen LogP contribution in [0.1, 0.15) is 49.5 Å². The number of amides is 1. The third-order valence-corrected chi connectivity index (χ3v) is 5.93. The number of carbonyl (C=O) groups is 1. The van der Waals surface area contributed by atoms with Crippen LogP contribution in [0.2, 0.25) is 5.02 Å². The second-order valence-corrected chi connectivity index (χ2v) is 9.61. The molecule has 1 amide bonds. The summed E-state index contributed by atoms with van der Waals surface area (Å²) in [6, 6.07) is 7.54. The summed E-state index contributed by atoms with van der Waals surface area (Å²) < 4.78 is 25.8. The van der Waals surface area contributed by atoms with Crippen molar-refractivity contribution in [3.8, 4) is 11.3 Å². The van der Waals surface area contributed by atoms with E-state index in [0.717, 1.165) is 5.56 Å². The average Bonchev–Trinajstić information content (AvgIpc) is 2.82. The summed E-state index contributed by atoms with van der Waals surface area (Å²) >= 11 is 6.09. The smallest absolute Gasteiger partial charge is 0.255 e. The van der Waals surface area contributed by atoms with E-state index in [4.69, 9.17) is 21.1 Å². The van der Waals surface area contributed by atoms with Crippen LogP contribution in [0.4, 0.5) is 15.8 Å². The zero-order valence-corrected chi connectivity index (χ0v) is 20.8. The molecule has 0 spiro atoms. The van der Waals surface area contributed by atoms with Gasteiger partial charge in [0.1, 0.15) is 5.82 Å². The molecule has 0 saturated carbocycles. The highest BCUT2D eigenvalue weighted by molar-refractivity contribution is 6.30. The lowest BCUT2D eigenvalue weighted by Gasteiger charge is -2.35. The summed E-state index contributed by atoms with van der Waals surface area (Å²) in [5.74, 6) is -1.27. The molecule has 0 unspecified atom stereocenters. The van der Waals surface area contributed by atoms with Crippen molar-refractivity contribution in [3.05, 3.63) is 70.9 Å². The van der Waals surface area contributed by atoms with Crippen LogP contribution in [-0.2, 0) is 9.47 Å². The molecule has 0 radical (unpaired) electrons. The van der Waals surface area contributed by atoms with Gasteiger partial charge in [0, 0.05) is 34.9 Å². The van der Waals surface area contributed by atoms with E-state index in [9.17, 15) is 9.18 Å². The maximum atomic E-state index is 14.5. The first-order valence-corrected chi connectivity index (χ1v) is 11.8. The Labute approximate surface area is 209 Å². The molecule has 184 valence electrons. The van der Waals surface area contributed by atoms with Gasteiger partial charge in [0.2, 0.25) is 0 Å². The fraction of sp³-hybridized carbons (Fsp3) is 0.346. The van der Waals surface area contributed by atoms with Crippen molar-refractivity contribution in [1.29, 1.82) is 0 Å². The number of rotatable bonds is 6. The van der Waals surface area contributed by atoms with E-state index in [-0.39, 0.29) is 17.9 Å². The Morgan fingerprint density at radius 2 is 1.89 bits per heavy atom. The molecule has 4 rings (SSSR count). The van der Waals surface area contributed by atoms with Crippen molar-refractivity contribution >= 4 is 28.9 Å². The van der Waals surface area contributed by atoms with Gasteiger partial charge in [0.15, 0.2) is 5.79 Å². The number of benzene rings is 1. The van der Waals surface area contributed by atoms with Crippen LogP contribution >= 0.6 is 11.6 Å². The predicted molar refractivity (Wildman–Crippen MR) is 133 cm³/mol. The Kier molecular flexibility index (Phi) is 7.35. The van der Waals surface area contributed by atoms with Gasteiger partial charge in [-0.3, -0.25) is 14.8 Å². The van der Waals surface area contributed by atoms with Gasteiger partial charge in [0.05, 0.1) is 36.2 Å². The standard InChI is InChI=1S/C26H28ClFN4O3/c1-15(2)19-12-30-23(18-9-16(27)5-6-21(18)28)10-24(19)32-22-7-8-29-11-20(22)25(33)31-17-13-34-26(3,4)35-14-17/h5-12,15,17H,13-14H2,1-4H3,(H,31,33)(H,29,30,32). The first-order valence-electron chi connectivity index (χ1n) is 11.4. The second kappa shape index (κ2) is 10.3. The van der Waals surface area contributed by atoms with Crippen LogP contribution in [0.15, 0.2) is 48.9 Å². The molecule has 0 bridgehead atoms. The van der Waals surface area contributed by atoms with Crippen molar-refractivity contribution < 1.29 is 18.7 Å². The number of nitrogens with zero attached hydrogens (tertiary/aromatic N) is 2. The van der Waals surface area contributed by atoms with E-state index in [1.54, 1.807) is 30.6 Å². The molecule has 0 atom stereocenters. The van der Waals surface area contributed by atoms with Gasteiger partial charge in [-0.05, 0) is 55.7 Å². The first-order chi connectivity index (χ1) is 16.6. The van der Waals surface area contributed by atoms with Crippen LogP contribution in [0, 0.1) is 5.82 Å². The maximum Gasteiger partial charge on any atom is 0.255 e. The molecular formula is C26H28ClFN4O3. The fourth-order valence-corrected chi connectivity index (χ4v) is 3.92. The SMILES string of the molecule is CC(C)c1cnc(-c2cc(Cl)ccc2F)cc1Nc1ccncc1C(=O)NC1COC(C)(C)OC1. The Balaban J connectivity index is 1.63. The number of nitrogens with one attached hydrogen (secondary N) is 2. The lowest BCUT2D eigenvalue weighted by Crippen LogP contribution is -2.50. The Morgan fingerprint density at radius 1 is 1.14 bits per heavy atom. The van der Waals surface area contributed by atoms with Crippen molar-refractivity contribution in [2.45, 2.75) is 45.4 Å². The quantitative estimate of drug-likeness (QED) is 0.454. The number of carbonyl (C=O) groups excluding carboxylic acids is 1. The molecule has 9 heteroatoms. The number of hydrogen-bond donors (Lipinski definition) is 2. The number of ether oxygens (including phenoxy) is 2. The molecule has 1 fully saturated rings. The zero-order valence-electron chi connectivity index (χ0n) is 20.1. The van der Waals surface area contributed by atoms with Crippen molar-refractivity contribution in [2.75, 3.05) is 18.5 Å². The largest absolute Gasteiger partial charge is 0.354 e. The molecule has 2 aromatic heterocycles. The van der Waals surface area contributed by atoms with Crippen LogP contribution in [-0.4, -0.2) is 40.9 Å². The summed E-state index contributed by atoms with van der Waals surface area (Å²) in [6.45, 7) is 8.42. The number of anilines is 2. The molecular weight excluding hydrogens is 471 g/mol. The topological polar surface area (TPSA) is 85.4 Å². The summed E-state index contributed by atoms with van der Waals surface area (Å²) in [6.07, 6.45) is 4.81. The third-order valence-electron chi connectivity index (χ3n) is 5.70. The van der Waals surface area contributed by atoms with Crippen LogP contribution in [0.5, 0.6) is 0 Å². The summed E-state index contributed by atoms with van der Waals surface area (Å²) in [4.78, 5) is 21.7. The minimum absolute atomic E-state index is 0.127. The summed E-state index contributed by atoms with van der Waals surface area (Å²) in [5.41, 5.74) is 3.26. The van der Waals surface area contributed by atoms with Crippen LogP contribution < -0.4 is 10.6 Å². The Hall–Kier alpha value is -3.07. The fourth-order valence-electron chi connectivity index (χ4n) is 3.74.